The number of nitrogens with zero attached hydrogens (tertiary/aromatic N) is 1. The van der Waals surface area contributed by atoms with E-state index in [4.69, 9.17) is 9.47 Å². The molecule has 1 heterocycles. The van der Waals surface area contributed by atoms with Gasteiger partial charge in [0.1, 0.15) is 5.75 Å². The Morgan fingerprint density at radius 1 is 1.21 bits per heavy atom. The van der Waals surface area contributed by atoms with Crippen molar-refractivity contribution in [2.45, 2.75) is 32.4 Å². The SMILES string of the molecule is CCN(CC)C(CNC(=O)C1Cc2ccccc2C(=O)O1)c1cccc(OC)c1. The van der Waals surface area contributed by atoms with Crippen LogP contribution in [0.25, 0.3) is 0 Å². The molecule has 154 valence electrons. The number of rotatable bonds is 8. The van der Waals surface area contributed by atoms with Crippen LogP contribution in [-0.4, -0.2) is 49.6 Å². The first-order valence-corrected chi connectivity index (χ1v) is 10.0. The number of nitrogens with one attached hydrogen (secondary N) is 1. The van der Waals surface area contributed by atoms with Gasteiger partial charge in [0.05, 0.1) is 18.7 Å². The molecule has 3 rings (SSSR count). The van der Waals surface area contributed by atoms with Crippen LogP contribution in [0, 0.1) is 0 Å². The summed E-state index contributed by atoms with van der Waals surface area (Å²) in [6.07, 6.45) is -0.414. The standard InChI is InChI=1S/C23H28N2O4/c1-4-25(5-2)20(17-10-8-11-18(13-17)28-3)15-24-22(26)21-14-16-9-6-7-12-19(16)23(27)29-21/h6-13,20-21H,4-5,14-15H2,1-3H3,(H,24,26). The van der Waals surface area contributed by atoms with Crippen LogP contribution < -0.4 is 10.1 Å². The van der Waals surface area contributed by atoms with E-state index in [1.807, 2.05) is 36.4 Å². The van der Waals surface area contributed by atoms with Crippen LogP contribution in [0.15, 0.2) is 48.5 Å². The summed E-state index contributed by atoms with van der Waals surface area (Å²) in [7, 11) is 1.64. The van der Waals surface area contributed by atoms with Gasteiger partial charge in [0.2, 0.25) is 0 Å². The minimum Gasteiger partial charge on any atom is -0.497 e. The highest BCUT2D eigenvalue weighted by Gasteiger charge is 2.31. The Morgan fingerprint density at radius 2 is 1.97 bits per heavy atom. The summed E-state index contributed by atoms with van der Waals surface area (Å²) in [4.78, 5) is 27.3. The van der Waals surface area contributed by atoms with Crippen molar-refractivity contribution in [1.29, 1.82) is 0 Å². The van der Waals surface area contributed by atoms with E-state index in [1.54, 1.807) is 19.2 Å². The maximum atomic E-state index is 12.8. The fourth-order valence-corrected chi connectivity index (χ4v) is 3.76. The van der Waals surface area contributed by atoms with Crippen molar-refractivity contribution in [2.75, 3.05) is 26.7 Å². The topological polar surface area (TPSA) is 67.9 Å². The molecule has 29 heavy (non-hydrogen) atoms. The molecular weight excluding hydrogens is 368 g/mol. The molecule has 0 aromatic heterocycles. The molecule has 0 aliphatic carbocycles. The van der Waals surface area contributed by atoms with Gasteiger partial charge in [-0.25, -0.2) is 4.79 Å². The molecule has 6 heteroatoms. The monoisotopic (exact) mass is 396 g/mol. The van der Waals surface area contributed by atoms with Gasteiger partial charge in [-0.3, -0.25) is 9.69 Å². The van der Waals surface area contributed by atoms with Crippen LogP contribution in [0.3, 0.4) is 0 Å². The van der Waals surface area contributed by atoms with Crippen molar-refractivity contribution in [1.82, 2.24) is 10.2 Å². The van der Waals surface area contributed by atoms with E-state index in [1.165, 1.54) is 0 Å². The van der Waals surface area contributed by atoms with Gasteiger partial charge in [0.25, 0.3) is 5.91 Å². The maximum Gasteiger partial charge on any atom is 0.339 e. The van der Waals surface area contributed by atoms with Crippen LogP contribution >= 0.6 is 0 Å². The van der Waals surface area contributed by atoms with Crippen LogP contribution in [0.2, 0.25) is 0 Å². The number of esters is 1. The van der Waals surface area contributed by atoms with Crippen molar-refractivity contribution in [3.63, 3.8) is 0 Å². The first-order chi connectivity index (χ1) is 14.1. The summed E-state index contributed by atoms with van der Waals surface area (Å²) in [5, 5.41) is 2.99. The van der Waals surface area contributed by atoms with E-state index in [9.17, 15) is 9.59 Å². The van der Waals surface area contributed by atoms with Crippen molar-refractivity contribution < 1.29 is 19.1 Å². The lowest BCUT2D eigenvalue weighted by atomic mass is 9.98. The smallest absolute Gasteiger partial charge is 0.339 e. The molecule has 2 atom stereocenters. The summed E-state index contributed by atoms with van der Waals surface area (Å²) < 4.78 is 10.7. The first-order valence-electron chi connectivity index (χ1n) is 10.0. The zero-order valence-corrected chi connectivity index (χ0v) is 17.2. The van der Waals surface area contributed by atoms with Gasteiger partial charge >= 0.3 is 5.97 Å². The van der Waals surface area contributed by atoms with Gasteiger partial charge < -0.3 is 14.8 Å². The first kappa shape index (κ1) is 20.9. The Hall–Kier alpha value is -2.86. The van der Waals surface area contributed by atoms with Crippen LogP contribution in [0.4, 0.5) is 0 Å². The number of ether oxygens (including phenoxy) is 2. The number of hydrogen-bond donors (Lipinski definition) is 1. The predicted molar refractivity (Wildman–Crippen MR) is 111 cm³/mol. The molecule has 0 fully saturated rings. The minimum absolute atomic E-state index is 0.00405. The number of carbonyl (C=O) groups excluding carboxylic acids is 2. The summed E-state index contributed by atoms with van der Waals surface area (Å²) in [5.41, 5.74) is 2.45. The molecule has 2 unspecified atom stereocenters. The molecule has 1 aliphatic heterocycles. The van der Waals surface area contributed by atoms with E-state index in [0.29, 0.717) is 18.5 Å². The molecule has 0 radical (unpaired) electrons. The molecule has 0 saturated carbocycles. The van der Waals surface area contributed by atoms with Gasteiger partial charge in [0, 0.05) is 13.0 Å². The van der Waals surface area contributed by atoms with Gasteiger partial charge in [-0.2, -0.15) is 0 Å². The zero-order valence-electron chi connectivity index (χ0n) is 17.2. The van der Waals surface area contributed by atoms with E-state index in [2.05, 4.69) is 24.1 Å². The van der Waals surface area contributed by atoms with Gasteiger partial charge in [-0.15, -0.1) is 0 Å². The second kappa shape index (κ2) is 9.56. The van der Waals surface area contributed by atoms with Gasteiger partial charge in [-0.05, 0) is 42.4 Å². The highest BCUT2D eigenvalue weighted by atomic mass is 16.5. The molecule has 0 bridgehead atoms. The molecule has 1 aliphatic rings. The molecule has 1 amide bonds. The number of fused-ring (bicyclic) bond motifs is 1. The molecular formula is C23H28N2O4. The Balaban J connectivity index is 1.72. The van der Waals surface area contributed by atoms with E-state index >= 15 is 0 Å². The molecule has 2 aromatic rings. The quantitative estimate of drug-likeness (QED) is 0.695. The third-order valence-corrected chi connectivity index (χ3v) is 5.39. The Labute approximate surface area is 171 Å². The fourth-order valence-electron chi connectivity index (χ4n) is 3.76. The highest BCUT2D eigenvalue weighted by molar-refractivity contribution is 5.95. The number of benzene rings is 2. The van der Waals surface area contributed by atoms with Crippen LogP contribution in [0.5, 0.6) is 5.75 Å². The van der Waals surface area contributed by atoms with E-state index in [-0.39, 0.29) is 11.9 Å². The van der Waals surface area contributed by atoms with Crippen molar-refractivity contribution in [3.8, 4) is 5.75 Å². The third-order valence-electron chi connectivity index (χ3n) is 5.39. The van der Waals surface area contributed by atoms with Gasteiger partial charge in [0.15, 0.2) is 6.10 Å². The molecule has 6 nitrogen and oxygen atoms in total. The second-order valence-corrected chi connectivity index (χ2v) is 7.01. The Kier molecular flexibility index (Phi) is 6.88. The molecule has 0 saturated heterocycles. The lowest BCUT2D eigenvalue weighted by molar-refractivity contribution is -0.130. The summed E-state index contributed by atoms with van der Waals surface area (Å²) in [6, 6.07) is 15.1. The molecule has 2 aromatic carbocycles. The average molecular weight is 396 g/mol. The Bertz CT molecular complexity index is 863. The van der Waals surface area contributed by atoms with E-state index in [0.717, 1.165) is 30.0 Å². The predicted octanol–water partition coefficient (Wildman–Crippen LogP) is 2.98. The normalized spacial score (nSPS) is 16.7. The van der Waals surface area contributed by atoms with Crippen LogP contribution in [0.1, 0.15) is 41.4 Å². The number of carbonyl (C=O) groups is 2. The fraction of sp³-hybridized carbons (Fsp3) is 0.391. The number of hydrogen-bond acceptors (Lipinski definition) is 5. The summed E-state index contributed by atoms with van der Waals surface area (Å²) in [6.45, 7) is 6.31. The molecule has 0 spiro atoms. The lowest BCUT2D eigenvalue weighted by Crippen LogP contribution is -2.45. The Morgan fingerprint density at radius 3 is 2.69 bits per heavy atom. The van der Waals surface area contributed by atoms with Gasteiger partial charge in [-0.1, -0.05) is 44.2 Å². The van der Waals surface area contributed by atoms with Crippen molar-refractivity contribution >= 4 is 11.9 Å². The maximum absolute atomic E-state index is 12.8. The van der Waals surface area contributed by atoms with Crippen LogP contribution in [-0.2, 0) is 16.0 Å². The average Bonchev–Trinajstić information content (AvgIpc) is 2.76. The summed E-state index contributed by atoms with van der Waals surface area (Å²) in [5.74, 6) is 0.0665. The van der Waals surface area contributed by atoms with Crippen molar-refractivity contribution in [3.05, 3.63) is 65.2 Å². The number of cyclic esters (lactones) is 1. The van der Waals surface area contributed by atoms with E-state index < -0.39 is 12.1 Å². The number of methoxy groups -OCH3 is 1. The third kappa shape index (κ3) is 4.77. The largest absolute Gasteiger partial charge is 0.497 e. The second-order valence-electron chi connectivity index (χ2n) is 7.01. The summed E-state index contributed by atoms with van der Waals surface area (Å²) >= 11 is 0. The number of amides is 1. The lowest BCUT2D eigenvalue weighted by Gasteiger charge is -2.31. The number of likely N-dealkylation sites (N-methyl/N-ethyl adjacent to an activating group) is 1. The van der Waals surface area contributed by atoms with Crippen molar-refractivity contribution in [2.24, 2.45) is 0 Å². The minimum atomic E-state index is -0.805. The zero-order chi connectivity index (χ0) is 20.8. The highest BCUT2D eigenvalue weighted by Crippen LogP contribution is 2.25. The molecule has 1 N–H and O–H groups in total.